The van der Waals surface area contributed by atoms with Gasteiger partial charge in [-0.2, -0.15) is 0 Å². The molecule has 2 N–H and O–H groups in total. The molecule has 0 heterocycles. The highest BCUT2D eigenvalue weighted by Crippen LogP contribution is 2.22. The van der Waals surface area contributed by atoms with Crippen LogP contribution in [0.2, 0.25) is 0 Å². The van der Waals surface area contributed by atoms with E-state index in [1.54, 1.807) is 6.07 Å². The topological polar surface area (TPSA) is 84.5 Å². The summed E-state index contributed by atoms with van der Waals surface area (Å²) in [6, 6.07) is 10.7. The maximum atomic E-state index is 12.8. The third kappa shape index (κ3) is 5.39. The van der Waals surface area contributed by atoms with Gasteiger partial charge in [0.25, 0.3) is 5.91 Å². The van der Waals surface area contributed by atoms with Crippen molar-refractivity contribution >= 4 is 23.5 Å². The lowest BCUT2D eigenvalue weighted by atomic mass is 9.90. The van der Waals surface area contributed by atoms with Crippen LogP contribution in [0.4, 0.5) is 10.1 Å². The first-order valence-electron chi connectivity index (χ1n) is 9.12. The molecule has 28 heavy (non-hydrogen) atoms. The van der Waals surface area contributed by atoms with Crippen molar-refractivity contribution < 1.29 is 23.5 Å². The number of anilines is 1. The number of aryl methyl sites for hydroxylation is 2. The Morgan fingerprint density at radius 1 is 0.929 bits per heavy atom. The minimum absolute atomic E-state index is 0.285. The Bertz CT molecular complexity index is 880. The van der Waals surface area contributed by atoms with Crippen LogP contribution in [0, 0.1) is 5.82 Å². The average molecular weight is 384 g/mol. The van der Waals surface area contributed by atoms with E-state index >= 15 is 0 Å². The fourth-order valence-corrected chi connectivity index (χ4v) is 3.04. The second kappa shape index (κ2) is 9.12. The van der Waals surface area contributed by atoms with Gasteiger partial charge in [-0.3, -0.25) is 9.59 Å². The highest BCUT2D eigenvalue weighted by atomic mass is 19.1. The smallest absolute Gasteiger partial charge is 0.338 e. The molecule has 7 heteroatoms. The van der Waals surface area contributed by atoms with Crippen molar-refractivity contribution in [2.45, 2.75) is 25.7 Å². The summed E-state index contributed by atoms with van der Waals surface area (Å²) in [5, 5.41) is 4.88. The molecule has 0 aliphatic heterocycles. The highest BCUT2D eigenvalue weighted by molar-refractivity contribution is 5.95. The zero-order chi connectivity index (χ0) is 19.9. The molecule has 2 aromatic rings. The number of rotatable bonds is 6. The lowest BCUT2D eigenvalue weighted by Crippen LogP contribution is -2.35. The number of carbonyl (C=O) groups excluding carboxylic acids is 3. The summed E-state index contributed by atoms with van der Waals surface area (Å²) in [6.07, 6.45) is 4.23. The number of hydrogen-bond donors (Lipinski definition) is 2. The van der Waals surface area contributed by atoms with Crippen molar-refractivity contribution in [2.75, 3.05) is 18.5 Å². The van der Waals surface area contributed by atoms with E-state index in [4.69, 9.17) is 4.74 Å². The van der Waals surface area contributed by atoms with Crippen molar-refractivity contribution in [3.05, 3.63) is 65.0 Å². The number of fused-ring (bicyclic) bond motifs is 1. The summed E-state index contributed by atoms with van der Waals surface area (Å²) < 4.78 is 17.8. The molecule has 1 aliphatic rings. The van der Waals surface area contributed by atoms with Crippen molar-refractivity contribution in [3.8, 4) is 0 Å². The summed E-state index contributed by atoms with van der Waals surface area (Å²) in [6.45, 7) is -0.758. The molecule has 0 atom stereocenters. The molecule has 0 bridgehead atoms. The highest BCUT2D eigenvalue weighted by Gasteiger charge is 2.15. The van der Waals surface area contributed by atoms with Crippen LogP contribution >= 0.6 is 0 Å². The van der Waals surface area contributed by atoms with Gasteiger partial charge in [0, 0.05) is 5.69 Å². The summed E-state index contributed by atoms with van der Waals surface area (Å²) in [7, 11) is 0. The van der Waals surface area contributed by atoms with E-state index in [0.717, 1.165) is 31.2 Å². The first-order chi connectivity index (χ1) is 13.5. The van der Waals surface area contributed by atoms with Gasteiger partial charge in [-0.15, -0.1) is 0 Å². The van der Waals surface area contributed by atoms with E-state index in [9.17, 15) is 18.8 Å². The maximum Gasteiger partial charge on any atom is 0.338 e. The molecule has 2 amide bonds. The van der Waals surface area contributed by atoms with Gasteiger partial charge in [0.05, 0.1) is 12.1 Å². The molecule has 0 fully saturated rings. The molecule has 3 rings (SSSR count). The standard InChI is InChI=1S/C21H21FN2O4/c22-17-7-9-18(10-8-17)24-19(25)12-23-20(26)13-28-21(27)16-6-5-14-3-1-2-4-15(14)11-16/h5-11H,1-4,12-13H2,(H,23,26)(H,24,25). The van der Waals surface area contributed by atoms with Gasteiger partial charge in [-0.1, -0.05) is 6.07 Å². The monoisotopic (exact) mass is 384 g/mol. The Morgan fingerprint density at radius 3 is 2.39 bits per heavy atom. The molecule has 0 unspecified atom stereocenters. The predicted molar refractivity (Wildman–Crippen MR) is 101 cm³/mol. The third-order valence-electron chi connectivity index (χ3n) is 4.49. The Hall–Kier alpha value is -3.22. The number of ether oxygens (including phenoxy) is 1. The van der Waals surface area contributed by atoms with Gasteiger partial charge < -0.3 is 15.4 Å². The minimum Gasteiger partial charge on any atom is -0.452 e. The number of carbonyl (C=O) groups is 3. The zero-order valence-corrected chi connectivity index (χ0v) is 15.3. The van der Waals surface area contributed by atoms with E-state index in [2.05, 4.69) is 10.6 Å². The molecule has 0 radical (unpaired) electrons. The van der Waals surface area contributed by atoms with Gasteiger partial charge in [-0.05, 0) is 73.2 Å². The summed E-state index contributed by atoms with van der Waals surface area (Å²) in [5.41, 5.74) is 3.25. The number of esters is 1. The lowest BCUT2D eigenvalue weighted by molar-refractivity contribution is -0.126. The van der Waals surface area contributed by atoms with E-state index in [1.165, 1.54) is 29.8 Å². The fraction of sp³-hybridized carbons (Fsp3) is 0.286. The van der Waals surface area contributed by atoms with Crippen molar-refractivity contribution in [3.63, 3.8) is 0 Å². The van der Waals surface area contributed by atoms with Crippen LogP contribution in [-0.4, -0.2) is 30.9 Å². The summed E-state index contributed by atoms with van der Waals surface area (Å²) >= 11 is 0. The van der Waals surface area contributed by atoms with Gasteiger partial charge in [0.2, 0.25) is 5.91 Å². The quantitative estimate of drug-likeness (QED) is 0.750. The van der Waals surface area contributed by atoms with Crippen LogP contribution < -0.4 is 10.6 Å². The largest absolute Gasteiger partial charge is 0.452 e. The first kappa shape index (κ1) is 19.5. The average Bonchev–Trinajstić information content (AvgIpc) is 2.71. The molecule has 1 aliphatic carbocycles. The summed E-state index contributed by atoms with van der Waals surface area (Å²) in [5.74, 6) is -2.03. The second-order valence-corrected chi connectivity index (χ2v) is 6.60. The SMILES string of the molecule is O=C(COC(=O)c1ccc2c(c1)CCCC2)NCC(=O)Nc1ccc(F)cc1. The Kier molecular flexibility index (Phi) is 6.37. The molecule has 0 saturated heterocycles. The lowest BCUT2D eigenvalue weighted by Gasteiger charge is -2.16. The van der Waals surface area contributed by atoms with E-state index in [0.29, 0.717) is 11.3 Å². The van der Waals surface area contributed by atoms with Crippen molar-refractivity contribution in [2.24, 2.45) is 0 Å². The molecule has 6 nitrogen and oxygen atoms in total. The van der Waals surface area contributed by atoms with Gasteiger partial charge in [0.15, 0.2) is 6.61 Å². The number of nitrogens with one attached hydrogen (secondary N) is 2. The number of amides is 2. The van der Waals surface area contributed by atoms with Crippen molar-refractivity contribution in [1.82, 2.24) is 5.32 Å². The van der Waals surface area contributed by atoms with Crippen molar-refractivity contribution in [1.29, 1.82) is 0 Å². The molecular formula is C21H21FN2O4. The number of halogens is 1. The molecule has 2 aromatic carbocycles. The van der Waals surface area contributed by atoms with E-state index in [1.807, 2.05) is 12.1 Å². The molecule has 0 aromatic heterocycles. The normalized spacial score (nSPS) is 12.6. The molecule has 0 saturated carbocycles. The van der Waals surface area contributed by atoms with Gasteiger partial charge in [-0.25, -0.2) is 9.18 Å². The third-order valence-corrected chi connectivity index (χ3v) is 4.49. The second-order valence-electron chi connectivity index (χ2n) is 6.60. The van der Waals surface area contributed by atoms with Gasteiger partial charge >= 0.3 is 5.97 Å². The fourth-order valence-electron chi connectivity index (χ4n) is 3.04. The summed E-state index contributed by atoms with van der Waals surface area (Å²) in [4.78, 5) is 35.7. The van der Waals surface area contributed by atoms with Crippen LogP contribution in [0.15, 0.2) is 42.5 Å². The van der Waals surface area contributed by atoms with Crippen LogP contribution in [-0.2, 0) is 27.2 Å². The molecular weight excluding hydrogens is 363 g/mol. The molecule has 146 valence electrons. The van der Waals surface area contributed by atoms with E-state index < -0.39 is 30.2 Å². The van der Waals surface area contributed by atoms with Crippen LogP contribution in [0.25, 0.3) is 0 Å². The van der Waals surface area contributed by atoms with Crippen LogP contribution in [0.5, 0.6) is 0 Å². The van der Waals surface area contributed by atoms with Gasteiger partial charge in [0.1, 0.15) is 5.82 Å². The first-order valence-corrected chi connectivity index (χ1v) is 9.12. The Labute approximate surface area is 162 Å². The molecule has 0 spiro atoms. The van der Waals surface area contributed by atoms with Crippen LogP contribution in [0.1, 0.15) is 34.3 Å². The minimum atomic E-state index is -0.583. The Balaban J connectivity index is 1.41. The maximum absolute atomic E-state index is 12.8. The van der Waals surface area contributed by atoms with E-state index in [-0.39, 0.29) is 6.54 Å². The van der Waals surface area contributed by atoms with Crippen LogP contribution in [0.3, 0.4) is 0 Å². The zero-order valence-electron chi connectivity index (χ0n) is 15.3. The number of benzene rings is 2. The Morgan fingerprint density at radius 2 is 1.64 bits per heavy atom. The predicted octanol–water partition coefficient (Wildman–Crippen LogP) is 2.62. The number of hydrogen-bond acceptors (Lipinski definition) is 4.